The molecule has 1 aromatic carbocycles. The maximum absolute atomic E-state index is 12.4. The van der Waals surface area contributed by atoms with Gasteiger partial charge in [0, 0.05) is 23.7 Å². The number of carbonyl (C=O) groups excluding carboxylic acids is 2. The highest BCUT2D eigenvalue weighted by atomic mass is 35.5. The zero-order valence-corrected chi connectivity index (χ0v) is 12.8. The molecule has 1 saturated heterocycles. The van der Waals surface area contributed by atoms with Gasteiger partial charge in [0.05, 0.1) is 17.8 Å². The van der Waals surface area contributed by atoms with Crippen LogP contribution in [0.3, 0.4) is 0 Å². The molecule has 1 fully saturated rings. The zero-order valence-electron chi connectivity index (χ0n) is 11.3. The fourth-order valence-corrected chi connectivity index (χ4v) is 3.29. The van der Waals surface area contributed by atoms with E-state index in [4.69, 9.17) is 11.6 Å². The third-order valence-electron chi connectivity index (χ3n) is 3.37. The van der Waals surface area contributed by atoms with E-state index in [2.05, 4.69) is 10.3 Å². The standard InChI is InChI=1S/C14H14ClN3O2S/c15-9-3-4-10(13(20)17-14-16-5-7-21-14)11(8-9)18-6-1-2-12(18)19/h3-4,8H,1-2,5-7H2,(H,16,17,20). The van der Waals surface area contributed by atoms with Crippen molar-refractivity contribution in [2.75, 3.05) is 23.7 Å². The summed E-state index contributed by atoms with van der Waals surface area (Å²) in [6, 6.07) is 4.98. The number of benzene rings is 1. The number of anilines is 1. The normalized spacial score (nSPS) is 18.0. The summed E-state index contributed by atoms with van der Waals surface area (Å²) in [5.74, 6) is 0.654. The lowest BCUT2D eigenvalue weighted by Crippen LogP contribution is -2.31. The van der Waals surface area contributed by atoms with Crippen LogP contribution < -0.4 is 10.2 Å². The van der Waals surface area contributed by atoms with Gasteiger partial charge in [-0.2, -0.15) is 0 Å². The number of hydrogen-bond acceptors (Lipinski definition) is 4. The molecule has 2 aliphatic heterocycles. The Bertz CT molecular complexity index is 633. The van der Waals surface area contributed by atoms with Gasteiger partial charge in [-0.05, 0) is 24.6 Å². The summed E-state index contributed by atoms with van der Waals surface area (Å²) < 4.78 is 0. The number of halogens is 1. The van der Waals surface area contributed by atoms with Crippen LogP contribution in [0.15, 0.2) is 23.2 Å². The molecule has 1 aromatic rings. The Kier molecular flexibility index (Phi) is 4.17. The highest BCUT2D eigenvalue weighted by Gasteiger charge is 2.26. The molecule has 0 aromatic heterocycles. The number of amidine groups is 1. The molecule has 0 atom stereocenters. The van der Waals surface area contributed by atoms with E-state index in [0.717, 1.165) is 18.7 Å². The second-order valence-electron chi connectivity index (χ2n) is 4.80. The lowest BCUT2D eigenvalue weighted by Gasteiger charge is -2.19. The van der Waals surface area contributed by atoms with Gasteiger partial charge in [0.2, 0.25) is 5.91 Å². The number of thioether (sulfide) groups is 1. The van der Waals surface area contributed by atoms with Crippen LogP contribution in [-0.4, -0.2) is 35.8 Å². The van der Waals surface area contributed by atoms with E-state index < -0.39 is 0 Å². The molecule has 2 heterocycles. The molecule has 110 valence electrons. The molecule has 5 nitrogen and oxygen atoms in total. The van der Waals surface area contributed by atoms with E-state index in [-0.39, 0.29) is 11.8 Å². The summed E-state index contributed by atoms with van der Waals surface area (Å²) in [7, 11) is 0. The average molecular weight is 324 g/mol. The highest BCUT2D eigenvalue weighted by Crippen LogP contribution is 2.29. The molecule has 2 amide bonds. The van der Waals surface area contributed by atoms with Crippen LogP contribution in [-0.2, 0) is 4.79 Å². The molecule has 0 bridgehead atoms. The molecular weight excluding hydrogens is 310 g/mol. The average Bonchev–Trinajstić information content (AvgIpc) is 3.10. The summed E-state index contributed by atoms with van der Waals surface area (Å²) in [6.45, 7) is 1.34. The predicted octanol–water partition coefficient (Wildman–Crippen LogP) is 2.30. The Morgan fingerprint density at radius 1 is 1.43 bits per heavy atom. The topological polar surface area (TPSA) is 61.8 Å². The van der Waals surface area contributed by atoms with E-state index in [0.29, 0.717) is 34.4 Å². The first-order chi connectivity index (χ1) is 10.1. The van der Waals surface area contributed by atoms with Crippen LogP contribution in [0, 0.1) is 0 Å². The van der Waals surface area contributed by atoms with Crippen molar-refractivity contribution in [2.45, 2.75) is 12.8 Å². The van der Waals surface area contributed by atoms with Crippen molar-refractivity contribution in [3.8, 4) is 0 Å². The molecular formula is C14H14ClN3O2S. The maximum atomic E-state index is 12.4. The van der Waals surface area contributed by atoms with Gasteiger partial charge in [-0.1, -0.05) is 23.4 Å². The minimum Gasteiger partial charge on any atom is -0.312 e. The Hall–Kier alpha value is -1.53. The summed E-state index contributed by atoms with van der Waals surface area (Å²) in [6.07, 6.45) is 1.31. The van der Waals surface area contributed by atoms with E-state index in [9.17, 15) is 9.59 Å². The quantitative estimate of drug-likeness (QED) is 0.908. The second-order valence-corrected chi connectivity index (χ2v) is 6.32. The number of hydrogen-bond donors (Lipinski definition) is 1. The third-order valence-corrected chi connectivity index (χ3v) is 4.50. The van der Waals surface area contributed by atoms with Crippen LogP contribution in [0.2, 0.25) is 5.02 Å². The van der Waals surface area contributed by atoms with E-state index in [1.54, 1.807) is 23.1 Å². The van der Waals surface area contributed by atoms with Crippen molar-refractivity contribution >= 4 is 46.0 Å². The summed E-state index contributed by atoms with van der Waals surface area (Å²) in [5, 5.41) is 3.93. The molecule has 7 heteroatoms. The van der Waals surface area contributed by atoms with Crippen molar-refractivity contribution in [2.24, 2.45) is 4.99 Å². The van der Waals surface area contributed by atoms with Gasteiger partial charge >= 0.3 is 0 Å². The minimum atomic E-state index is -0.255. The first-order valence-corrected chi connectivity index (χ1v) is 8.10. The van der Waals surface area contributed by atoms with Crippen LogP contribution in [0.25, 0.3) is 0 Å². The number of carbonyl (C=O) groups is 2. The van der Waals surface area contributed by atoms with Crippen LogP contribution >= 0.6 is 23.4 Å². The molecule has 0 aliphatic carbocycles. The summed E-state index contributed by atoms with van der Waals surface area (Å²) in [5.41, 5.74) is 1.02. The third kappa shape index (κ3) is 3.06. The molecule has 1 N–H and O–H groups in total. The number of nitrogens with one attached hydrogen (secondary N) is 1. The first kappa shape index (κ1) is 14.4. The summed E-state index contributed by atoms with van der Waals surface area (Å²) >= 11 is 7.54. The first-order valence-electron chi connectivity index (χ1n) is 6.73. The largest absolute Gasteiger partial charge is 0.312 e. The lowest BCUT2D eigenvalue weighted by atomic mass is 10.1. The van der Waals surface area contributed by atoms with E-state index >= 15 is 0 Å². The predicted molar refractivity (Wildman–Crippen MR) is 85.3 cm³/mol. The van der Waals surface area contributed by atoms with Gasteiger partial charge in [-0.25, -0.2) is 0 Å². The van der Waals surface area contributed by atoms with Crippen molar-refractivity contribution in [3.05, 3.63) is 28.8 Å². The molecule has 2 aliphatic rings. The maximum Gasteiger partial charge on any atom is 0.259 e. The number of amides is 2. The van der Waals surface area contributed by atoms with Crippen LogP contribution in [0.1, 0.15) is 23.2 Å². The Labute approximate surface area is 131 Å². The van der Waals surface area contributed by atoms with Crippen molar-refractivity contribution in [3.63, 3.8) is 0 Å². The lowest BCUT2D eigenvalue weighted by molar-refractivity contribution is -0.117. The highest BCUT2D eigenvalue weighted by molar-refractivity contribution is 8.14. The monoisotopic (exact) mass is 323 g/mol. The fourth-order valence-electron chi connectivity index (χ4n) is 2.40. The molecule has 0 spiro atoms. The van der Waals surface area contributed by atoms with E-state index in [1.165, 1.54) is 11.8 Å². The number of aliphatic imine (C=N–C) groups is 1. The molecule has 21 heavy (non-hydrogen) atoms. The van der Waals surface area contributed by atoms with Gasteiger partial charge in [0.15, 0.2) is 5.17 Å². The van der Waals surface area contributed by atoms with E-state index in [1.807, 2.05) is 0 Å². The van der Waals surface area contributed by atoms with Gasteiger partial charge in [0.25, 0.3) is 5.91 Å². The fraction of sp³-hybridized carbons (Fsp3) is 0.357. The van der Waals surface area contributed by atoms with Crippen molar-refractivity contribution in [1.82, 2.24) is 5.32 Å². The summed E-state index contributed by atoms with van der Waals surface area (Å²) in [4.78, 5) is 30.2. The zero-order chi connectivity index (χ0) is 14.8. The SMILES string of the molecule is O=C(NC1=NCCS1)c1ccc(Cl)cc1N1CCCC1=O. The number of rotatable bonds is 2. The Balaban J connectivity index is 1.90. The van der Waals surface area contributed by atoms with Gasteiger partial charge in [-0.15, -0.1) is 0 Å². The van der Waals surface area contributed by atoms with Crippen molar-refractivity contribution < 1.29 is 9.59 Å². The van der Waals surface area contributed by atoms with Gasteiger partial charge in [-0.3, -0.25) is 14.6 Å². The molecule has 0 unspecified atom stereocenters. The minimum absolute atomic E-state index is 0.0268. The second kappa shape index (κ2) is 6.07. The Morgan fingerprint density at radius 3 is 2.95 bits per heavy atom. The Morgan fingerprint density at radius 2 is 2.29 bits per heavy atom. The molecule has 0 saturated carbocycles. The number of nitrogens with zero attached hydrogens (tertiary/aromatic N) is 2. The molecule has 0 radical (unpaired) electrons. The smallest absolute Gasteiger partial charge is 0.259 e. The van der Waals surface area contributed by atoms with Crippen LogP contribution in [0.5, 0.6) is 0 Å². The van der Waals surface area contributed by atoms with Gasteiger partial charge in [0.1, 0.15) is 0 Å². The van der Waals surface area contributed by atoms with Crippen LogP contribution in [0.4, 0.5) is 5.69 Å². The van der Waals surface area contributed by atoms with Crippen molar-refractivity contribution in [1.29, 1.82) is 0 Å². The molecule has 3 rings (SSSR count). The van der Waals surface area contributed by atoms with Gasteiger partial charge < -0.3 is 10.2 Å².